The number of nitrogens with zero attached hydrogens (tertiary/aromatic N) is 2. The molecule has 1 aromatic carbocycles. The molecule has 160 valence electrons. The minimum atomic E-state index is -3.74. The smallest absolute Gasteiger partial charge is 0.325 e. The summed E-state index contributed by atoms with van der Waals surface area (Å²) >= 11 is 0. The van der Waals surface area contributed by atoms with Crippen molar-refractivity contribution in [2.24, 2.45) is 0 Å². The van der Waals surface area contributed by atoms with Crippen LogP contribution in [0.4, 0.5) is 4.79 Å². The van der Waals surface area contributed by atoms with E-state index in [4.69, 9.17) is 13.9 Å². The lowest BCUT2D eigenvalue weighted by Crippen LogP contribution is -2.45. The van der Waals surface area contributed by atoms with Gasteiger partial charge in [0.25, 0.3) is 15.9 Å². The van der Waals surface area contributed by atoms with E-state index in [1.807, 2.05) is 6.07 Å². The van der Waals surface area contributed by atoms with Crippen molar-refractivity contribution in [2.75, 3.05) is 20.9 Å². The predicted molar refractivity (Wildman–Crippen MR) is 103 cm³/mol. The number of amides is 3. The Labute approximate surface area is 173 Å². The summed E-state index contributed by atoms with van der Waals surface area (Å²) in [6.45, 7) is 1.61. The van der Waals surface area contributed by atoms with Crippen LogP contribution in [0.2, 0.25) is 0 Å². The normalized spacial score (nSPS) is 20.9. The molecule has 1 saturated heterocycles. The van der Waals surface area contributed by atoms with Crippen molar-refractivity contribution < 1.29 is 31.9 Å². The number of carbonyl (C=O) groups is 2. The number of sulfonamides is 1. The van der Waals surface area contributed by atoms with Crippen molar-refractivity contribution in [3.8, 4) is 11.5 Å². The highest BCUT2D eigenvalue weighted by Gasteiger charge is 2.48. The van der Waals surface area contributed by atoms with Gasteiger partial charge in [-0.1, -0.05) is 6.07 Å². The number of hydrogen-bond acceptors (Lipinski definition) is 7. The lowest BCUT2D eigenvalue weighted by Gasteiger charge is -2.21. The maximum Gasteiger partial charge on any atom is 0.325 e. The van der Waals surface area contributed by atoms with E-state index in [9.17, 15) is 18.0 Å². The molecule has 1 atom stereocenters. The van der Waals surface area contributed by atoms with Crippen LogP contribution in [0, 0.1) is 0 Å². The lowest BCUT2D eigenvalue weighted by atomic mass is 9.92. The Morgan fingerprint density at radius 1 is 1.13 bits per heavy atom. The first-order valence-corrected chi connectivity index (χ1v) is 10.6. The van der Waals surface area contributed by atoms with Gasteiger partial charge in [0.15, 0.2) is 11.5 Å². The van der Waals surface area contributed by atoms with E-state index in [2.05, 4.69) is 5.32 Å². The van der Waals surface area contributed by atoms with Gasteiger partial charge in [-0.15, -0.1) is 0 Å². The molecule has 1 aromatic heterocycles. The first-order valence-electron chi connectivity index (χ1n) is 9.14. The fraction of sp³-hybridized carbons (Fsp3) is 0.368. The highest BCUT2D eigenvalue weighted by molar-refractivity contribution is 7.88. The summed E-state index contributed by atoms with van der Waals surface area (Å²) in [6, 6.07) is 7.51. The Morgan fingerprint density at radius 2 is 1.87 bits per heavy atom. The van der Waals surface area contributed by atoms with Gasteiger partial charge in [-0.3, -0.25) is 9.69 Å². The topological polar surface area (TPSA) is 118 Å². The number of nitrogens with one attached hydrogen (secondary N) is 1. The van der Waals surface area contributed by atoms with Gasteiger partial charge in [0.2, 0.25) is 11.9 Å². The molecule has 3 heterocycles. The van der Waals surface area contributed by atoms with E-state index < -0.39 is 27.5 Å². The van der Waals surface area contributed by atoms with Gasteiger partial charge in [-0.25, -0.2) is 17.5 Å². The van der Waals surface area contributed by atoms with Gasteiger partial charge in [0.05, 0.1) is 6.54 Å². The van der Waals surface area contributed by atoms with Gasteiger partial charge in [-0.2, -0.15) is 0 Å². The van der Waals surface area contributed by atoms with Crippen LogP contribution >= 0.6 is 0 Å². The zero-order valence-corrected chi connectivity index (χ0v) is 17.5. The van der Waals surface area contributed by atoms with Gasteiger partial charge in [0.1, 0.15) is 11.3 Å². The molecule has 2 aromatic rings. The summed E-state index contributed by atoms with van der Waals surface area (Å²) in [5, 5.41) is 2.47. The highest BCUT2D eigenvalue weighted by atomic mass is 32.2. The molecule has 10 nitrogen and oxygen atoms in total. The Hall–Kier alpha value is -3.05. The van der Waals surface area contributed by atoms with Crippen molar-refractivity contribution in [2.45, 2.75) is 30.5 Å². The monoisotopic (exact) mass is 435 g/mol. The molecule has 1 unspecified atom stereocenters. The Bertz CT molecular complexity index is 1120. The number of fused-ring (bicyclic) bond motifs is 1. The first-order chi connectivity index (χ1) is 14.1. The van der Waals surface area contributed by atoms with Crippen LogP contribution in [0.25, 0.3) is 0 Å². The van der Waals surface area contributed by atoms with E-state index >= 15 is 0 Å². The lowest BCUT2D eigenvalue weighted by molar-refractivity contribution is -0.131. The average molecular weight is 435 g/mol. The van der Waals surface area contributed by atoms with Gasteiger partial charge < -0.3 is 19.2 Å². The molecule has 3 amide bonds. The van der Waals surface area contributed by atoms with E-state index in [1.165, 1.54) is 26.2 Å². The molecular formula is C19H21N3O7S. The Kier molecular flexibility index (Phi) is 4.74. The molecule has 2 aliphatic heterocycles. The fourth-order valence-corrected chi connectivity index (χ4v) is 4.20. The van der Waals surface area contributed by atoms with Crippen molar-refractivity contribution in [3.05, 3.63) is 41.7 Å². The molecule has 0 radical (unpaired) electrons. The van der Waals surface area contributed by atoms with Crippen LogP contribution in [0.3, 0.4) is 0 Å². The summed E-state index contributed by atoms with van der Waals surface area (Å²) < 4.78 is 41.3. The molecular weight excluding hydrogens is 414 g/mol. The second-order valence-corrected chi connectivity index (χ2v) is 9.61. The molecule has 11 heteroatoms. The third kappa shape index (κ3) is 3.39. The maximum absolute atomic E-state index is 13.0. The number of rotatable bonds is 6. The van der Waals surface area contributed by atoms with Gasteiger partial charge >= 0.3 is 6.03 Å². The summed E-state index contributed by atoms with van der Waals surface area (Å²) in [7, 11) is -0.974. The number of benzene rings is 1. The number of furan rings is 1. The molecule has 0 bridgehead atoms. The first kappa shape index (κ1) is 20.2. The standard InChI is InChI=1S/C19H21N3O7S/c1-19(9-12-4-6-14-15(8-12)28-11-27-14)17(23)22(18(24)20-19)10-13-5-7-16(29-13)30(25,26)21(2)3/h4-8H,9-11H2,1-3H3,(H,20,24). The van der Waals surface area contributed by atoms with Crippen LogP contribution in [0.1, 0.15) is 18.2 Å². The van der Waals surface area contributed by atoms with Crippen LogP contribution in [0.5, 0.6) is 11.5 Å². The van der Waals surface area contributed by atoms with E-state index in [1.54, 1.807) is 19.1 Å². The largest absolute Gasteiger partial charge is 0.454 e. The van der Waals surface area contributed by atoms with Crippen LogP contribution in [0.15, 0.2) is 39.8 Å². The molecule has 1 N–H and O–H groups in total. The van der Waals surface area contributed by atoms with Crippen LogP contribution in [-0.2, 0) is 27.8 Å². The number of ether oxygens (including phenoxy) is 2. The summed E-state index contributed by atoms with van der Waals surface area (Å²) in [5.74, 6) is 0.980. The quantitative estimate of drug-likeness (QED) is 0.680. The van der Waals surface area contributed by atoms with Crippen molar-refractivity contribution in [1.29, 1.82) is 0 Å². The zero-order valence-electron chi connectivity index (χ0n) is 16.7. The molecule has 30 heavy (non-hydrogen) atoms. The molecule has 4 rings (SSSR count). The fourth-order valence-electron chi connectivity index (χ4n) is 3.39. The highest BCUT2D eigenvalue weighted by Crippen LogP contribution is 2.34. The average Bonchev–Trinajstić information content (AvgIpc) is 3.38. The van der Waals surface area contributed by atoms with E-state index in [0.29, 0.717) is 11.5 Å². The van der Waals surface area contributed by atoms with Crippen molar-refractivity contribution >= 4 is 22.0 Å². The van der Waals surface area contributed by atoms with Gasteiger partial charge in [0, 0.05) is 20.5 Å². The SMILES string of the molecule is CN(C)S(=O)(=O)c1ccc(CN2C(=O)NC(C)(Cc3ccc4c(c3)OCO4)C2=O)o1. The maximum atomic E-state index is 13.0. The summed E-state index contributed by atoms with van der Waals surface area (Å²) in [5.41, 5.74) is -0.356. The predicted octanol–water partition coefficient (Wildman–Crippen LogP) is 1.31. The number of carbonyl (C=O) groups excluding carboxylic acids is 2. The number of hydrogen-bond donors (Lipinski definition) is 1. The number of urea groups is 1. The van der Waals surface area contributed by atoms with E-state index in [0.717, 1.165) is 14.8 Å². The number of imide groups is 1. The third-order valence-electron chi connectivity index (χ3n) is 5.03. The summed E-state index contributed by atoms with van der Waals surface area (Å²) in [4.78, 5) is 26.5. The molecule has 1 fully saturated rings. The molecule has 0 spiro atoms. The zero-order chi connectivity index (χ0) is 21.7. The minimum absolute atomic E-state index is 0.147. The third-order valence-corrected chi connectivity index (χ3v) is 6.72. The van der Waals surface area contributed by atoms with Crippen LogP contribution in [-0.4, -0.2) is 56.0 Å². The summed E-state index contributed by atoms with van der Waals surface area (Å²) in [6.07, 6.45) is 0.253. The van der Waals surface area contributed by atoms with Crippen molar-refractivity contribution in [1.82, 2.24) is 14.5 Å². The van der Waals surface area contributed by atoms with Crippen molar-refractivity contribution in [3.63, 3.8) is 0 Å². The molecule has 0 aliphatic carbocycles. The molecule has 2 aliphatic rings. The van der Waals surface area contributed by atoms with Crippen LogP contribution < -0.4 is 14.8 Å². The Balaban J connectivity index is 1.51. The van der Waals surface area contributed by atoms with E-state index in [-0.39, 0.29) is 30.6 Å². The molecule has 0 saturated carbocycles. The second-order valence-electron chi connectivity index (χ2n) is 7.53. The Morgan fingerprint density at radius 3 is 2.60 bits per heavy atom. The minimum Gasteiger partial charge on any atom is -0.454 e. The van der Waals surface area contributed by atoms with Gasteiger partial charge in [-0.05, 0) is 36.8 Å². The second kappa shape index (κ2) is 7.03.